The summed E-state index contributed by atoms with van der Waals surface area (Å²) in [5.41, 5.74) is 2.09. The van der Waals surface area contributed by atoms with Crippen LogP contribution in [0.5, 0.6) is 0 Å². The van der Waals surface area contributed by atoms with Crippen LogP contribution < -0.4 is 4.57 Å². The molecule has 1 saturated carbocycles. The maximum Gasteiger partial charge on any atom is 0.346 e. The highest BCUT2D eigenvalue weighted by Crippen LogP contribution is 2.47. The van der Waals surface area contributed by atoms with Crippen LogP contribution in [0.4, 0.5) is 0 Å². The molecule has 3 aliphatic rings. The lowest BCUT2D eigenvalue weighted by atomic mass is 9.66. The zero-order valence-corrected chi connectivity index (χ0v) is 19.5. The molecule has 3 atom stereocenters. The van der Waals surface area contributed by atoms with Crippen LogP contribution in [0, 0.1) is 5.92 Å². The van der Waals surface area contributed by atoms with Crippen molar-refractivity contribution >= 4 is 5.91 Å². The highest BCUT2D eigenvalue weighted by Gasteiger charge is 2.51. The predicted molar refractivity (Wildman–Crippen MR) is 127 cm³/mol. The number of imidazole rings is 1. The van der Waals surface area contributed by atoms with E-state index in [-0.39, 0.29) is 17.9 Å². The number of rotatable bonds is 3. The molecule has 1 saturated heterocycles. The number of aromatic nitrogens is 4. The lowest BCUT2D eigenvalue weighted by Gasteiger charge is -2.52. The normalized spacial score (nSPS) is 26.6. The third-order valence-corrected chi connectivity index (χ3v) is 8.18. The monoisotopic (exact) mass is 458 g/mol. The first-order valence-corrected chi connectivity index (χ1v) is 12.7. The molecule has 1 aromatic carbocycles. The second kappa shape index (κ2) is 8.62. The maximum absolute atomic E-state index is 14.1. The van der Waals surface area contributed by atoms with Crippen molar-refractivity contribution in [1.82, 2.24) is 19.9 Å². The van der Waals surface area contributed by atoms with Gasteiger partial charge in [-0.15, -0.1) is 0 Å². The first-order chi connectivity index (χ1) is 16.7. The quantitative estimate of drug-likeness (QED) is 0.589. The first-order valence-electron chi connectivity index (χ1n) is 12.7. The summed E-state index contributed by atoms with van der Waals surface area (Å²) in [5.74, 6) is 1.36. The van der Waals surface area contributed by atoms with Gasteiger partial charge in [-0.05, 0) is 43.7 Å². The standard InChI is InChI=1S/C27H31N5O2/c33-26(25-30-23(24-28-15-8-16-29-24)22-13-6-7-17-31(22)25)32-18-14-27(34,19-9-2-1-3-10-19)20-11-4-5-12-21(20)32/h1-3,8-10,15-16,20-21,34H,4-7,11-14,17-18H2/p+1/t20-,21+,27-/m0/s1. The number of aromatic amines is 1. The van der Waals surface area contributed by atoms with Gasteiger partial charge in [0.2, 0.25) is 11.5 Å². The molecule has 1 aliphatic carbocycles. The number of H-pyrrole nitrogens is 1. The Labute approximate surface area is 199 Å². The SMILES string of the molecule is O=C(c1[nH]c(-c2ncccn2)c2[n+]1CCCC2)N1CC[C@](O)(c2ccccc2)[C@H]2CCCC[C@H]21. The summed E-state index contributed by atoms with van der Waals surface area (Å²) in [7, 11) is 0. The van der Waals surface area contributed by atoms with E-state index in [1.165, 1.54) is 0 Å². The first kappa shape index (κ1) is 21.5. The van der Waals surface area contributed by atoms with Gasteiger partial charge < -0.3 is 10.0 Å². The Hall–Kier alpha value is -3.06. The van der Waals surface area contributed by atoms with Crippen LogP contribution in [0.1, 0.15) is 66.8 Å². The van der Waals surface area contributed by atoms with E-state index < -0.39 is 5.60 Å². The van der Waals surface area contributed by atoms with E-state index in [0.29, 0.717) is 24.6 Å². The Bertz CT molecular complexity index is 1180. The molecule has 176 valence electrons. The summed E-state index contributed by atoms with van der Waals surface area (Å²) in [4.78, 5) is 28.4. The smallest absolute Gasteiger partial charge is 0.346 e. The zero-order valence-electron chi connectivity index (χ0n) is 19.5. The number of likely N-dealkylation sites (tertiary alicyclic amines) is 1. The van der Waals surface area contributed by atoms with E-state index in [4.69, 9.17) is 0 Å². The van der Waals surface area contributed by atoms with Crippen LogP contribution >= 0.6 is 0 Å². The van der Waals surface area contributed by atoms with Crippen LogP contribution in [-0.2, 0) is 18.6 Å². The van der Waals surface area contributed by atoms with E-state index in [1.807, 2.05) is 41.3 Å². The molecule has 2 N–H and O–H groups in total. The molecular formula is C27H32N5O2+. The Morgan fingerprint density at radius 3 is 2.68 bits per heavy atom. The van der Waals surface area contributed by atoms with Gasteiger partial charge in [0.05, 0.1) is 12.1 Å². The van der Waals surface area contributed by atoms with Crippen molar-refractivity contribution in [3.05, 3.63) is 65.9 Å². The summed E-state index contributed by atoms with van der Waals surface area (Å²) >= 11 is 0. The van der Waals surface area contributed by atoms with Crippen LogP contribution in [0.15, 0.2) is 48.8 Å². The number of piperidine rings is 1. The average molecular weight is 459 g/mol. The molecule has 7 heteroatoms. The van der Waals surface area contributed by atoms with Gasteiger partial charge in [0.1, 0.15) is 0 Å². The molecule has 7 nitrogen and oxygen atoms in total. The Balaban J connectivity index is 1.36. The molecular weight excluding hydrogens is 426 g/mol. The van der Waals surface area contributed by atoms with Crippen LogP contribution in [0.2, 0.25) is 0 Å². The fraction of sp³-hybridized carbons (Fsp3) is 0.481. The van der Waals surface area contributed by atoms with E-state index >= 15 is 0 Å². The number of carbonyl (C=O) groups is 1. The minimum absolute atomic E-state index is 0.0392. The third kappa shape index (κ3) is 3.45. The molecule has 0 bridgehead atoms. The largest absolute Gasteiger partial charge is 0.385 e. The Kier molecular flexibility index (Phi) is 5.44. The van der Waals surface area contributed by atoms with Crippen LogP contribution in [0.25, 0.3) is 11.5 Å². The average Bonchev–Trinajstić information content (AvgIpc) is 3.30. The molecule has 1 amide bonds. The minimum Gasteiger partial charge on any atom is -0.385 e. The number of hydrogen-bond donors (Lipinski definition) is 2. The second-order valence-electron chi connectivity index (χ2n) is 9.97. The van der Waals surface area contributed by atoms with Gasteiger partial charge in [-0.25, -0.2) is 19.5 Å². The summed E-state index contributed by atoms with van der Waals surface area (Å²) in [5, 5.41) is 11.9. The van der Waals surface area contributed by atoms with E-state index in [2.05, 4.69) is 19.5 Å². The highest BCUT2D eigenvalue weighted by atomic mass is 16.3. The summed E-state index contributed by atoms with van der Waals surface area (Å²) < 4.78 is 2.16. The number of nitrogens with zero attached hydrogens (tertiary/aromatic N) is 4. The fourth-order valence-corrected chi connectivity index (χ4v) is 6.54. The number of aliphatic hydroxyl groups is 1. The number of fused-ring (bicyclic) bond motifs is 2. The van der Waals surface area contributed by atoms with Gasteiger partial charge >= 0.3 is 11.7 Å². The number of hydrogen-bond acceptors (Lipinski definition) is 4. The van der Waals surface area contributed by atoms with Gasteiger partial charge in [0.15, 0.2) is 5.69 Å². The molecule has 2 aromatic heterocycles. The van der Waals surface area contributed by atoms with E-state index in [1.54, 1.807) is 12.4 Å². The molecule has 2 fully saturated rings. The predicted octanol–water partition coefficient (Wildman–Crippen LogP) is 3.39. The lowest BCUT2D eigenvalue weighted by molar-refractivity contribution is -0.709. The maximum atomic E-state index is 14.1. The molecule has 0 unspecified atom stereocenters. The van der Waals surface area contributed by atoms with Gasteiger partial charge in [-0.1, -0.05) is 43.2 Å². The van der Waals surface area contributed by atoms with Gasteiger partial charge in [0, 0.05) is 37.3 Å². The number of carbonyl (C=O) groups excluding carboxylic acids is 1. The molecule has 6 rings (SSSR count). The highest BCUT2D eigenvalue weighted by molar-refractivity contribution is 5.90. The topological polar surface area (TPSA) is 86.0 Å². The number of nitrogens with one attached hydrogen (secondary N) is 1. The van der Waals surface area contributed by atoms with Crippen molar-refractivity contribution in [2.75, 3.05) is 6.54 Å². The third-order valence-electron chi connectivity index (χ3n) is 8.18. The molecule has 34 heavy (non-hydrogen) atoms. The lowest BCUT2D eigenvalue weighted by Crippen LogP contribution is -2.60. The van der Waals surface area contributed by atoms with Crippen LogP contribution in [-0.4, -0.2) is 43.5 Å². The van der Waals surface area contributed by atoms with Crippen LogP contribution in [0.3, 0.4) is 0 Å². The van der Waals surface area contributed by atoms with Gasteiger partial charge in [-0.3, -0.25) is 4.79 Å². The Morgan fingerprint density at radius 2 is 1.85 bits per heavy atom. The van der Waals surface area contributed by atoms with E-state index in [9.17, 15) is 9.90 Å². The van der Waals surface area contributed by atoms with Crippen molar-refractivity contribution < 1.29 is 14.5 Å². The molecule has 4 heterocycles. The zero-order chi connectivity index (χ0) is 23.1. The molecule has 0 spiro atoms. The van der Waals surface area contributed by atoms with Gasteiger partial charge in [-0.2, -0.15) is 0 Å². The summed E-state index contributed by atoms with van der Waals surface area (Å²) in [6.07, 6.45) is 11.2. The fourth-order valence-electron chi connectivity index (χ4n) is 6.54. The summed E-state index contributed by atoms with van der Waals surface area (Å²) in [6, 6.07) is 11.9. The van der Waals surface area contributed by atoms with Crippen molar-refractivity contribution in [3.8, 4) is 11.5 Å². The van der Waals surface area contributed by atoms with E-state index in [0.717, 1.165) is 68.4 Å². The number of benzene rings is 1. The van der Waals surface area contributed by atoms with Crippen molar-refractivity contribution in [3.63, 3.8) is 0 Å². The van der Waals surface area contributed by atoms with Gasteiger partial charge in [0.25, 0.3) is 0 Å². The number of amides is 1. The van der Waals surface area contributed by atoms with Crippen molar-refractivity contribution in [2.24, 2.45) is 5.92 Å². The second-order valence-corrected chi connectivity index (χ2v) is 9.97. The minimum atomic E-state index is -0.880. The molecule has 3 aromatic rings. The molecule has 0 radical (unpaired) electrons. The van der Waals surface area contributed by atoms with Crippen molar-refractivity contribution in [2.45, 2.75) is 69.6 Å². The summed E-state index contributed by atoms with van der Waals surface area (Å²) in [6.45, 7) is 1.38. The molecule has 2 aliphatic heterocycles. The van der Waals surface area contributed by atoms with Crippen molar-refractivity contribution in [1.29, 1.82) is 0 Å². The Morgan fingerprint density at radius 1 is 1.06 bits per heavy atom.